The van der Waals surface area contributed by atoms with Crippen LogP contribution in [0.3, 0.4) is 0 Å². The molecule has 2 aromatic rings. The Morgan fingerprint density at radius 1 is 1.20 bits per heavy atom. The normalized spacial score (nSPS) is 23.5. The zero-order valence-electron chi connectivity index (χ0n) is 14.2. The van der Waals surface area contributed by atoms with Crippen molar-refractivity contribution in [3.63, 3.8) is 0 Å². The molecule has 0 aliphatic carbocycles. The Morgan fingerprint density at radius 2 is 2.08 bits per heavy atom. The fourth-order valence-electron chi connectivity index (χ4n) is 4.07. The average molecular weight is 341 g/mol. The van der Waals surface area contributed by atoms with Crippen LogP contribution in [0.1, 0.15) is 32.1 Å². The highest BCUT2D eigenvalue weighted by Gasteiger charge is 2.36. The average Bonchev–Trinajstić information content (AvgIpc) is 3.04. The van der Waals surface area contributed by atoms with Gasteiger partial charge in [0.15, 0.2) is 0 Å². The fourth-order valence-corrected chi connectivity index (χ4v) is 4.07. The lowest BCUT2D eigenvalue weighted by Crippen LogP contribution is -2.47. The summed E-state index contributed by atoms with van der Waals surface area (Å²) in [6, 6.07) is 7.85. The molecule has 0 bridgehead atoms. The highest BCUT2D eigenvalue weighted by molar-refractivity contribution is 5.77. The molecule has 7 nitrogen and oxygen atoms in total. The molecule has 0 radical (unpaired) electrons. The van der Waals surface area contributed by atoms with Gasteiger partial charge in [0.25, 0.3) is 5.56 Å². The predicted molar refractivity (Wildman–Crippen MR) is 94.2 cm³/mol. The number of carbonyl (C=O) groups excluding carboxylic acids is 1. The van der Waals surface area contributed by atoms with E-state index in [2.05, 4.69) is 20.5 Å². The van der Waals surface area contributed by atoms with Gasteiger partial charge in [0, 0.05) is 25.0 Å². The molecule has 3 heterocycles. The van der Waals surface area contributed by atoms with Crippen molar-refractivity contribution >= 4 is 16.8 Å². The SMILES string of the molecule is O=C(CCn1nnc2ccccc2c1=O)N[C@@H]1CCN2CCCC[C@@H]12. The van der Waals surface area contributed by atoms with Gasteiger partial charge in [-0.05, 0) is 37.9 Å². The van der Waals surface area contributed by atoms with Crippen LogP contribution in [0.15, 0.2) is 29.1 Å². The van der Waals surface area contributed by atoms with Gasteiger partial charge < -0.3 is 5.32 Å². The quantitative estimate of drug-likeness (QED) is 0.895. The van der Waals surface area contributed by atoms with Crippen LogP contribution in [-0.4, -0.2) is 51.0 Å². The smallest absolute Gasteiger partial charge is 0.277 e. The summed E-state index contributed by atoms with van der Waals surface area (Å²) in [6.45, 7) is 2.48. The molecule has 25 heavy (non-hydrogen) atoms. The molecule has 2 saturated heterocycles. The second-order valence-corrected chi connectivity index (χ2v) is 6.95. The van der Waals surface area contributed by atoms with E-state index in [-0.39, 0.29) is 30.5 Å². The van der Waals surface area contributed by atoms with Crippen molar-refractivity contribution < 1.29 is 4.79 Å². The molecule has 0 unspecified atom stereocenters. The Labute approximate surface area is 146 Å². The summed E-state index contributed by atoms with van der Waals surface area (Å²) >= 11 is 0. The summed E-state index contributed by atoms with van der Waals surface area (Å²) in [5, 5.41) is 11.7. The molecule has 1 N–H and O–H groups in total. The number of nitrogens with one attached hydrogen (secondary N) is 1. The number of hydrogen-bond donors (Lipinski definition) is 1. The lowest BCUT2D eigenvalue weighted by molar-refractivity contribution is -0.122. The van der Waals surface area contributed by atoms with Crippen molar-refractivity contribution in [1.82, 2.24) is 25.2 Å². The van der Waals surface area contributed by atoms with E-state index < -0.39 is 0 Å². The van der Waals surface area contributed by atoms with Gasteiger partial charge in [-0.15, -0.1) is 5.10 Å². The van der Waals surface area contributed by atoms with E-state index >= 15 is 0 Å². The molecule has 2 fully saturated rings. The molecule has 2 atom stereocenters. The summed E-state index contributed by atoms with van der Waals surface area (Å²) in [4.78, 5) is 27.2. The molecule has 4 rings (SSSR count). The number of benzene rings is 1. The maximum atomic E-state index is 12.4. The largest absolute Gasteiger partial charge is 0.352 e. The minimum Gasteiger partial charge on any atom is -0.352 e. The third kappa shape index (κ3) is 3.28. The first-order valence-electron chi connectivity index (χ1n) is 9.08. The second-order valence-electron chi connectivity index (χ2n) is 6.95. The van der Waals surface area contributed by atoms with Crippen LogP contribution in [-0.2, 0) is 11.3 Å². The van der Waals surface area contributed by atoms with Crippen LogP contribution in [0.2, 0.25) is 0 Å². The fraction of sp³-hybridized carbons (Fsp3) is 0.556. The van der Waals surface area contributed by atoms with E-state index in [1.54, 1.807) is 18.2 Å². The van der Waals surface area contributed by atoms with E-state index in [9.17, 15) is 9.59 Å². The number of hydrogen-bond acceptors (Lipinski definition) is 5. The standard InChI is InChI=1S/C18H23N5O2/c24-17(19-15-8-11-22-10-4-3-7-16(15)22)9-12-23-18(25)13-5-1-2-6-14(13)20-21-23/h1-2,5-6,15-16H,3-4,7-12H2,(H,19,24)/t15-,16+/m1/s1. The first kappa shape index (κ1) is 16.2. The van der Waals surface area contributed by atoms with Gasteiger partial charge in [-0.1, -0.05) is 23.8 Å². The van der Waals surface area contributed by atoms with E-state index in [1.165, 1.54) is 23.9 Å². The Morgan fingerprint density at radius 3 is 3.00 bits per heavy atom. The molecule has 132 valence electrons. The Hall–Kier alpha value is -2.28. The predicted octanol–water partition coefficient (Wildman–Crippen LogP) is 0.925. The van der Waals surface area contributed by atoms with E-state index in [0.717, 1.165) is 19.5 Å². The van der Waals surface area contributed by atoms with E-state index in [4.69, 9.17) is 0 Å². The summed E-state index contributed by atoms with van der Waals surface area (Å²) in [5.41, 5.74) is 0.384. The van der Waals surface area contributed by atoms with Gasteiger partial charge in [-0.25, -0.2) is 4.68 Å². The minimum absolute atomic E-state index is 0.0146. The number of piperidine rings is 1. The lowest BCUT2D eigenvalue weighted by Gasteiger charge is -2.32. The van der Waals surface area contributed by atoms with Crippen molar-refractivity contribution in [2.24, 2.45) is 0 Å². The zero-order valence-corrected chi connectivity index (χ0v) is 14.2. The van der Waals surface area contributed by atoms with E-state index in [1.807, 2.05) is 6.07 Å². The monoisotopic (exact) mass is 341 g/mol. The summed E-state index contributed by atoms with van der Waals surface area (Å²) in [5.74, 6) is -0.0146. The molecule has 7 heteroatoms. The zero-order chi connectivity index (χ0) is 17.2. The number of rotatable bonds is 4. The maximum absolute atomic E-state index is 12.4. The molecule has 1 aromatic carbocycles. The van der Waals surface area contributed by atoms with Crippen molar-refractivity contribution in [2.45, 2.75) is 50.7 Å². The number of carbonyl (C=O) groups is 1. The third-order valence-electron chi connectivity index (χ3n) is 5.38. The van der Waals surface area contributed by atoms with Crippen LogP contribution in [0.5, 0.6) is 0 Å². The van der Waals surface area contributed by atoms with Gasteiger partial charge in [0.05, 0.1) is 11.9 Å². The molecule has 2 aliphatic rings. The van der Waals surface area contributed by atoms with Crippen LogP contribution < -0.4 is 10.9 Å². The van der Waals surface area contributed by atoms with Crippen molar-refractivity contribution in [2.75, 3.05) is 13.1 Å². The first-order chi connectivity index (χ1) is 12.2. The topological polar surface area (TPSA) is 80.1 Å². The first-order valence-corrected chi connectivity index (χ1v) is 9.08. The lowest BCUT2D eigenvalue weighted by atomic mass is 9.99. The highest BCUT2D eigenvalue weighted by Crippen LogP contribution is 2.27. The minimum atomic E-state index is -0.197. The number of amides is 1. The number of aromatic nitrogens is 3. The van der Waals surface area contributed by atoms with Crippen molar-refractivity contribution in [1.29, 1.82) is 0 Å². The third-order valence-corrected chi connectivity index (χ3v) is 5.38. The maximum Gasteiger partial charge on any atom is 0.277 e. The van der Waals surface area contributed by atoms with Crippen LogP contribution in [0, 0.1) is 0 Å². The summed E-state index contributed by atoms with van der Waals surface area (Å²) in [7, 11) is 0. The second kappa shape index (κ2) is 6.92. The van der Waals surface area contributed by atoms with Gasteiger partial charge >= 0.3 is 0 Å². The Balaban J connectivity index is 1.38. The number of aryl methyl sites for hydroxylation is 1. The van der Waals surface area contributed by atoms with Crippen LogP contribution in [0.4, 0.5) is 0 Å². The molecular weight excluding hydrogens is 318 g/mol. The van der Waals surface area contributed by atoms with Crippen molar-refractivity contribution in [3.8, 4) is 0 Å². The molecule has 0 saturated carbocycles. The highest BCUT2D eigenvalue weighted by atomic mass is 16.2. The summed E-state index contributed by atoms with van der Waals surface area (Å²) in [6.07, 6.45) is 4.94. The van der Waals surface area contributed by atoms with Crippen molar-refractivity contribution in [3.05, 3.63) is 34.6 Å². The van der Waals surface area contributed by atoms with Gasteiger partial charge in [0.1, 0.15) is 5.52 Å². The summed E-state index contributed by atoms with van der Waals surface area (Å²) < 4.78 is 1.28. The van der Waals surface area contributed by atoms with Gasteiger partial charge in [-0.3, -0.25) is 14.5 Å². The number of fused-ring (bicyclic) bond motifs is 2. The van der Waals surface area contributed by atoms with Gasteiger partial charge in [-0.2, -0.15) is 0 Å². The number of nitrogens with zero attached hydrogens (tertiary/aromatic N) is 4. The Bertz CT molecular complexity index is 834. The molecule has 0 spiro atoms. The van der Waals surface area contributed by atoms with Crippen LogP contribution in [0.25, 0.3) is 10.9 Å². The van der Waals surface area contributed by atoms with E-state index in [0.29, 0.717) is 16.9 Å². The molecule has 2 aliphatic heterocycles. The van der Waals surface area contributed by atoms with Crippen LogP contribution >= 0.6 is 0 Å². The Kier molecular flexibility index (Phi) is 4.48. The molecule has 1 aromatic heterocycles. The molecular formula is C18H23N5O2. The van der Waals surface area contributed by atoms with Gasteiger partial charge in [0.2, 0.25) is 5.91 Å². The molecule has 1 amide bonds.